The van der Waals surface area contributed by atoms with Gasteiger partial charge in [-0.05, 0) is 30.2 Å². The second-order valence-electron chi connectivity index (χ2n) is 6.27. The highest BCUT2D eigenvalue weighted by Gasteiger charge is 2.33. The number of carbonyl (C=O) groups is 3. The first-order valence-corrected chi connectivity index (χ1v) is 8.39. The highest BCUT2D eigenvalue weighted by atomic mass is 19.1. The number of nitrogens with one attached hydrogen (secondary N) is 2. The highest BCUT2D eigenvalue weighted by molar-refractivity contribution is 5.86. The Morgan fingerprint density at radius 2 is 2.22 bits per heavy atom. The zero-order valence-electron chi connectivity index (χ0n) is 14.6. The van der Waals surface area contributed by atoms with Crippen LogP contribution in [0.3, 0.4) is 0 Å². The molecule has 1 fully saturated rings. The van der Waals surface area contributed by atoms with Gasteiger partial charge in [-0.25, -0.2) is 9.37 Å². The van der Waals surface area contributed by atoms with Gasteiger partial charge in [-0.1, -0.05) is 6.07 Å². The van der Waals surface area contributed by atoms with Gasteiger partial charge in [-0.2, -0.15) is 0 Å². The van der Waals surface area contributed by atoms with Crippen molar-refractivity contribution in [1.82, 2.24) is 15.6 Å². The molecule has 0 radical (unpaired) electrons. The highest BCUT2D eigenvalue weighted by Crippen LogP contribution is 2.31. The Balaban J connectivity index is 1.69. The van der Waals surface area contributed by atoms with Gasteiger partial charge in [0.1, 0.15) is 0 Å². The molecule has 8 heteroatoms. The molecule has 2 atom stereocenters. The van der Waals surface area contributed by atoms with Gasteiger partial charge in [0.2, 0.25) is 17.7 Å². The van der Waals surface area contributed by atoms with E-state index in [1.807, 2.05) is 0 Å². The van der Waals surface area contributed by atoms with Crippen molar-refractivity contribution in [2.45, 2.75) is 25.3 Å². The molecule has 1 aliphatic rings. The summed E-state index contributed by atoms with van der Waals surface area (Å²) in [5, 5.41) is 5.46. The number of halogens is 1. The van der Waals surface area contributed by atoms with E-state index < -0.39 is 11.7 Å². The summed E-state index contributed by atoms with van der Waals surface area (Å²) in [6.07, 6.45) is 2.44. The van der Waals surface area contributed by atoms with E-state index in [1.165, 1.54) is 37.4 Å². The molecule has 1 aliphatic heterocycles. The van der Waals surface area contributed by atoms with Crippen LogP contribution in [-0.4, -0.2) is 35.7 Å². The van der Waals surface area contributed by atoms with Crippen molar-refractivity contribution in [2.24, 2.45) is 0 Å². The molecule has 2 heterocycles. The van der Waals surface area contributed by atoms with E-state index in [4.69, 9.17) is 4.74 Å². The summed E-state index contributed by atoms with van der Waals surface area (Å²) in [6, 6.07) is 7.12. The Morgan fingerprint density at radius 1 is 1.41 bits per heavy atom. The molecule has 1 aromatic heterocycles. The summed E-state index contributed by atoms with van der Waals surface area (Å²) in [5.74, 6) is -1.36. The number of rotatable bonds is 6. The summed E-state index contributed by atoms with van der Waals surface area (Å²) in [5.41, 5.74) is 0.922. The predicted octanol–water partition coefficient (Wildman–Crippen LogP) is 1.93. The number of benzene rings is 1. The lowest BCUT2D eigenvalue weighted by molar-refractivity contribution is -0.121. The van der Waals surface area contributed by atoms with Gasteiger partial charge in [-0.15, -0.1) is 0 Å². The zero-order valence-corrected chi connectivity index (χ0v) is 14.6. The van der Waals surface area contributed by atoms with Crippen LogP contribution in [0, 0.1) is 5.82 Å². The fourth-order valence-electron chi connectivity index (χ4n) is 2.89. The lowest BCUT2D eigenvalue weighted by Gasteiger charge is -2.11. The lowest BCUT2D eigenvalue weighted by Crippen LogP contribution is -2.37. The number of nitrogens with zero attached hydrogens (tertiary/aromatic N) is 1. The number of carbonyl (C=O) groups excluding carboxylic acids is 3. The maximum absolute atomic E-state index is 14.4. The molecule has 2 N–H and O–H groups in total. The smallest absolute Gasteiger partial charge is 0.227 e. The van der Waals surface area contributed by atoms with E-state index in [1.54, 1.807) is 6.07 Å². The quantitative estimate of drug-likeness (QED) is 0.757. The van der Waals surface area contributed by atoms with Crippen LogP contribution in [0.4, 0.5) is 4.39 Å². The third kappa shape index (κ3) is 4.46. The van der Waals surface area contributed by atoms with Gasteiger partial charge in [0.15, 0.2) is 17.9 Å². The molecular formula is C19H18FN3O4. The molecule has 3 rings (SSSR count). The molecule has 2 amide bonds. The maximum atomic E-state index is 14.4. The van der Waals surface area contributed by atoms with Crippen molar-refractivity contribution < 1.29 is 23.5 Å². The summed E-state index contributed by atoms with van der Waals surface area (Å²) in [6.45, 7) is 1.74. The fourth-order valence-corrected chi connectivity index (χ4v) is 2.89. The molecule has 1 aromatic carbocycles. The van der Waals surface area contributed by atoms with Crippen molar-refractivity contribution in [1.29, 1.82) is 0 Å². The van der Waals surface area contributed by atoms with Crippen LogP contribution >= 0.6 is 0 Å². The van der Waals surface area contributed by atoms with E-state index in [9.17, 15) is 18.8 Å². The molecule has 0 spiro atoms. The summed E-state index contributed by atoms with van der Waals surface area (Å²) < 4.78 is 19.8. The first kappa shape index (κ1) is 18.5. The van der Waals surface area contributed by atoms with E-state index in [-0.39, 0.29) is 29.5 Å². The number of aldehydes is 1. The molecule has 1 unspecified atom stereocenters. The van der Waals surface area contributed by atoms with Gasteiger partial charge in [0, 0.05) is 37.3 Å². The van der Waals surface area contributed by atoms with Crippen molar-refractivity contribution >= 4 is 18.1 Å². The number of hydrogen-bond donors (Lipinski definition) is 2. The number of ether oxygens (including phenoxy) is 1. The summed E-state index contributed by atoms with van der Waals surface area (Å²) in [7, 11) is 0. The first-order chi connectivity index (χ1) is 13.0. The minimum Gasteiger partial charge on any atom is -0.436 e. The molecule has 2 aromatic rings. The van der Waals surface area contributed by atoms with E-state index >= 15 is 0 Å². The SMILES string of the molecule is CC(=O)NC[C@@H]1CC(c2ccc(Oc3ccc(C=O)cn3)c(F)c2)C(=O)N1. The number of aromatic nitrogens is 1. The topological polar surface area (TPSA) is 97.4 Å². The van der Waals surface area contributed by atoms with Crippen LogP contribution in [0.1, 0.15) is 35.2 Å². The molecule has 27 heavy (non-hydrogen) atoms. The van der Waals surface area contributed by atoms with Crippen LogP contribution < -0.4 is 15.4 Å². The maximum Gasteiger partial charge on any atom is 0.227 e. The first-order valence-electron chi connectivity index (χ1n) is 8.39. The Bertz CT molecular complexity index is 870. The number of pyridine rings is 1. The summed E-state index contributed by atoms with van der Waals surface area (Å²) in [4.78, 5) is 37.7. The van der Waals surface area contributed by atoms with Crippen molar-refractivity contribution in [2.75, 3.05) is 6.54 Å². The van der Waals surface area contributed by atoms with Crippen molar-refractivity contribution in [3.05, 3.63) is 53.5 Å². The van der Waals surface area contributed by atoms with Crippen molar-refractivity contribution in [3.8, 4) is 11.6 Å². The molecule has 7 nitrogen and oxygen atoms in total. The van der Waals surface area contributed by atoms with Gasteiger partial charge < -0.3 is 15.4 Å². The third-order valence-electron chi connectivity index (χ3n) is 4.25. The van der Waals surface area contributed by atoms with Gasteiger partial charge in [0.25, 0.3) is 0 Å². The van der Waals surface area contributed by atoms with Crippen LogP contribution in [0.15, 0.2) is 36.5 Å². The zero-order chi connectivity index (χ0) is 19.4. The molecule has 0 saturated carbocycles. The van der Waals surface area contributed by atoms with Crippen molar-refractivity contribution in [3.63, 3.8) is 0 Å². The fraction of sp³-hybridized carbons (Fsp3) is 0.263. The van der Waals surface area contributed by atoms with E-state index in [2.05, 4.69) is 15.6 Å². The lowest BCUT2D eigenvalue weighted by atomic mass is 9.95. The van der Waals surface area contributed by atoms with Crippen LogP contribution in [-0.2, 0) is 9.59 Å². The molecule has 1 saturated heterocycles. The predicted molar refractivity (Wildman–Crippen MR) is 94.1 cm³/mol. The van der Waals surface area contributed by atoms with Gasteiger partial charge in [-0.3, -0.25) is 14.4 Å². The van der Waals surface area contributed by atoms with Crippen LogP contribution in [0.25, 0.3) is 0 Å². The van der Waals surface area contributed by atoms with Crippen LogP contribution in [0.5, 0.6) is 11.6 Å². The van der Waals surface area contributed by atoms with Gasteiger partial charge in [0.05, 0.1) is 5.92 Å². The molecule has 0 aliphatic carbocycles. The summed E-state index contributed by atoms with van der Waals surface area (Å²) >= 11 is 0. The molecule has 0 bridgehead atoms. The average molecular weight is 371 g/mol. The Labute approximate surface area is 154 Å². The number of hydrogen-bond acceptors (Lipinski definition) is 5. The largest absolute Gasteiger partial charge is 0.436 e. The molecular weight excluding hydrogens is 353 g/mol. The minimum atomic E-state index is -0.619. The van der Waals surface area contributed by atoms with Gasteiger partial charge >= 0.3 is 0 Å². The third-order valence-corrected chi connectivity index (χ3v) is 4.25. The second kappa shape index (κ2) is 7.94. The van der Waals surface area contributed by atoms with Crippen LogP contribution in [0.2, 0.25) is 0 Å². The Morgan fingerprint density at radius 3 is 2.85 bits per heavy atom. The Hall–Kier alpha value is -3.29. The van der Waals surface area contributed by atoms with E-state index in [0.717, 1.165) is 0 Å². The monoisotopic (exact) mass is 371 g/mol. The normalized spacial score (nSPS) is 18.7. The Kier molecular flexibility index (Phi) is 5.44. The standard InChI is InChI=1S/C19H18FN3O4/c1-11(25)21-9-14-7-15(19(26)23-14)13-3-4-17(16(20)6-13)27-18-5-2-12(10-24)8-22-18/h2-6,8,10,14-15H,7,9H2,1H3,(H,21,25)(H,23,26)/t14-,15?/m0/s1. The molecule has 140 valence electrons. The minimum absolute atomic E-state index is 0.0293. The average Bonchev–Trinajstić information content (AvgIpc) is 3.03. The second-order valence-corrected chi connectivity index (χ2v) is 6.27. The number of amides is 2. The van der Waals surface area contributed by atoms with E-state index in [0.29, 0.717) is 30.4 Å².